The Morgan fingerprint density at radius 2 is 1.81 bits per heavy atom. The van der Waals surface area contributed by atoms with Gasteiger partial charge in [0.1, 0.15) is 17.4 Å². The van der Waals surface area contributed by atoms with Crippen LogP contribution in [-0.2, 0) is 17.8 Å². The number of benzene rings is 2. The van der Waals surface area contributed by atoms with Gasteiger partial charge < -0.3 is 4.74 Å². The van der Waals surface area contributed by atoms with Crippen LogP contribution in [0.15, 0.2) is 60.0 Å². The second kappa shape index (κ2) is 7.94. The third-order valence-corrected chi connectivity index (χ3v) is 5.99. The van der Waals surface area contributed by atoms with Crippen molar-refractivity contribution < 1.29 is 14.3 Å². The van der Waals surface area contributed by atoms with Crippen molar-refractivity contribution in [3.8, 4) is 16.3 Å². The lowest BCUT2D eigenvalue weighted by Crippen LogP contribution is -2.25. The molecule has 1 N–H and O–H groups in total. The molecule has 0 saturated carbocycles. The molecule has 1 saturated heterocycles. The van der Waals surface area contributed by atoms with E-state index in [-0.39, 0.29) is 16.4 Å². The summed E-state index contributed by atoms with van der Waals surface area (Å²) in [7, 11) is 0. The van der Waals surface area contributed by atoms with Crippen molar-refractivity contribution in [1.82, 2.24) is 10.3 Å². The first kappa shape index (κ1) is 17.8. The molecule has 5 nitrogen and oxygen atoms in total. The summed E-state index contributed by atoms with van der Waals surface area (Å²) in [5.41, 5.74) is 2.98. The third kappa shape index (κ3) is 4.37. The standard InChI is InChI=1S/C20H16N2O3S2/c23-18-17(27-20(24)22-18)10-13-6-8-16(9-7-13)25-11-15-12-26-19(21-15)14-4-2-1-3-5-14/h1-9,12,17H,10-11H2,(H,22,23,24). The van der Waals surface area contributed by atoms with Crippen molar-refractivity contribution in [2.75, 3.05) is 0 Å². The first-order valence-electron chi connectivity index (χ1n) is 8.40. The lowest BCUT2D eigenvalue weighted by Gasteiger charge is -2.08. The average molecular weight is 396 g/mol. The van der Waals surface area contributed by atoms with Gasteiger partial charge in [-0.1, -0.05) is 54.2 Å². The van der Waals surface area contributed by atoms with Gasteiger partial charge in [0, 0.05) is 10.9 Å². The molecule has 2 aromatic carbocycles. The number of imide groups is 1. The van der Waals surface area contributed by atoms with Crippen LogP contribution < -0.4 is 10.1 Å². The summed E-state index contributed by atoms with van der Waals surface area (Å²) in [5.74, 6) is 0.524. The Morgan fingerprint density at radius 3 is 2.52 bits per heavy atom. The van der Waals surface area contributed by atoms with Crippen LogP contribution in [0.3, 0.4) is 0 Å². The van der Waals surface area contributed by atoms with Crippen LogP contribution in [0, 0.1) is 0 Å². The summed E-state index contributed by atoms with van der Waals surface area (Å²) < 4.78 is 5.81. The Labute approximate surface area is 164 Å². The molecule has 1 aliphatic rings. The van der Waals surface area contributed by atoms with Gasteiger partial charge in [-0.2, -0.15) is 0 Å². The normalized spacial score (nSPS) is 16.4. The van der Waals surface area contributed by atoms with E-state index in [0.717, 1.165) is 39.3 Å². The van der Waals surface area contributed by atoms with Gasteiger partial charge in [-0.25, -0.2) is 4.98 Å². The Hall–Kier alpha value is -2.64. The monoisotopic (exact) mass is 396 g/mol. The molecule has 0 aliphatic carbocycles. The van der Waals surface area contributed by atoms with E-state index >= 15 is 0 Å². The van der Waals surface area contributed by atoms with E-state index in [1.165, 1.54) is 0 Å². The molecule has 1 aromatic heterocycles. The predicted molar refractivity (Wildman–Crippen MR) is 107 cm³/mol. The number of ether oxygens (including phenoxy) is 1. The fraction of sp³-hybridized carbons (Fsp3) is 0.150. The summed E-state index contributed by atoms with van der Waals surface area (Å²) in [6.45, 7) is 0.401. The molecule has 1 atom stereocenters. The van der Waals surface area contributed by atoms with Gasteiger partial charge in [-0.05, 0) is 24.1 Å². The maximum atomic E-state index is 11.6. The molecule has 2 heterocycles. The second-order valence-electron chi connectivity index (χ2n) is 6.03. The molecule has 1 unspecified atom stereocenters. The van der Waals surface area contributed by atoms with Crippen LogP contribution in [0.2, 0.25) is 0 Å². The van der Waals surface area contributed by atoms with Crippen molar-refractivity contribution in [2.24, 2.45) is 0 Å². The molecule has 2 amide bonds. The van der Waals surface area contributed by atoms with Crippen LogP contribution in [0.25, 0.3) is 10.6 Å². The number of carbonyl (C=O) groups excluding carboxylic acids is 2. The zero-order valence-corrected chi connectivity index (χ0v) is 15.9. The predicted octanol–water partition coefficient (Wildman–Crippen LogP) is 4.28. The van der Waals surface area contributed by atoms with Crippen molar-refractivity contribution in [3.63, 3.8) is 0 Å². The van der Waals surface area contributed by atoms with Crippen LogP contribution >= 0.6 is 23.1 Å². The quantitative estimate of drug-likeness (QED) is 0.673. The average Bonchev–Trinajstić information content (AvgIpc) is 3.28. The summed E-state index contributed by atoms with van der Waals surface area (Å²) in [6.07, 6.45) is 0.523. The summed E-state index contributed by atoms with van der Waals surface area (Å²) in [4.78, 5) is 27.5. The van der Waals surface area contributed by atoms with Gasteiger partial charge in [-0.3, -0.25) is 14.9 Å². The minimum absolute atomic E-state index is 0.219. The van der Waals surface area contributed by atoms with Gasteiger partial charge in [0.15, 0.2) is 0 Å². The van der Waals surface area contributed by atoms with Gasteiger partial charge in [0.25, 0.3) is 5.24 Å². The summed E-state index contributed by atoms with van der Waals surface area (Å²) in [5, 5.41) is 4.66. The number of hydrogen-bond donors (Lipinski definition) is 1. The molecule has 0 radical (unpaired) electrons. The largest absolute Gasteiger partial charge is 0.487 e. The van der Waals surface area contributed by atoms with E-state index in [4.69, 9.17) is 4.74 Å². The molecular weight excluding hydrogens is 380 g/mol. The van der Waals surface area contributed by atoms with Crippen molar-refractivity contribution in [2.45, 2.75) is 18.3 Å². The van der Waals surface area contributed by atoms with Gasteiger partial charge >= 0.3 is 0 Å². The second-order valence-corrected chi connectivity index (χ2v) is 8.06. The highest BCUT2D eigenvalue weighted by atomic mass is 32.2. The van der Waals surface area contributed by atoms with Crippen LogP contribution in [0.5, 0.6) is 5.75 Å². The Balaban J connectivity index is 1.33. The number of rotatable bonds is 6. The highest BCUT2D eigenvalue weighted by molar-refractivity contribution is 8.15. The minimum Gasteiger partial charge on any atom is -0.487 e. The van der Waals surface area contributed by atoms with Crippen LogP contribution in [0.4, 0.5) is 4.79 Å². The first-order chi connectivity index (χ1) is 13.2. The maximum absolute atomic E-state index is 11.6. The molecule has 3 aromatic rings. The molecular formula is C20H16N2O3S2. The van der Waals surface area contributed by atoms with E-state index in [0.29, 0.717) is 13.0 Å². The molecule has 0 spiro atoms. The lowest BCUT2D eigenvalue weighted by atomic mass is 10.1. The van der Waals surface area contributed by atoms with Gasteiger partial charge in [-0.15, -0.1) is 11.3 Å². The fourth-order valence-electron chi connectivity index (χ4n) is 2.71. The minimum atomic E-state index is -0.351. The molecule has 27 heavy (non-hydrogen) atoms. The van der Waals surface area contributed by atoms with E-state index in [1.54, 1.807) is 11.3 Å². The highest BCUT2D eigenvalue weighted by Crippen LogP contribution is 2.25. The van der Waals surface area contributed by atoms with Crippen LogP contribution in [-0.4, -0.2) is 21.4 Å². The first-order valence-corrected chi connectivity index (χ1v) is 10.2. The molecule has 136 valence electrons. The summed E-state index contributed by atoms with van der Waals surface area (Å²) >= 11 is 2.64. The zero-order valence-electron chi connectivity index (χ0n) is 14.3. The Kier molecular flexibility index (Phi) is 5.22. The van der Waals surface area contributed by atoms with E-state index in [2.05, 4.69) is 10.3 Å². The number of nitrogens with zero attached hydrogens (tertiary/aromatic N) is 1. The summed E-state index contributed by atoms with van der Waals surface area (Å²) in [6, 6.07) is 17.6. The zero-order chi connectivity index (χ0) is 18.6. The molecule has 1 fully saturated rings. The number of thiazole rings is 1. The highest BCUT2D eigenvalue weighted by Gasteiger charge is 2.31. The van der Waals surface area contributed by atoms with Crippen LogP contribution in [0.1, 0.15) is 11.3 Å². The van der Waals surface area contributed by atoms with Crippen molar-refractivity contribution in [1.29, 1.82) is 0 Å². The third-order valence-electron chi connectivity index (χ3n) is 4.07. The van der Waals surface area contributed by atoms with Crippen molar-refractivity contribution >= 4 is 34.2 Å². The number of carbonyl (C=O) groups is 2. The topological polar surface area (TPSA) is 68.3 Å². The molecule has 7 heteroatoms. The van der Waals surface area contributed by atoms with E-state index in [1.807, 2.05) is 60.0 Å². The molecule has 1 aliphatic heterocycles. The Bertz CT molecular complexity index is 955. The number of hydrogen-bond acceptors (Lipinski definition) is 6. The van der Waals surface area contributed by atoms with Crippen molar-refractivity contribution in [3.05, 3.63) is 71.2 Å². The Morgan fingerprint density at radius 1 is 1.04 bits per heavy atom. The van der Waals surface area contributed by atoms with E-state index in [9.17, 15) is 9.59 Å². The maximum Gasteiger partial charge on any atom is 0.286 e. The molecule has 0 bridgehead atoms. The number of thioether (sulfide) groups is 1. The smallest absolute Gasteiger partial charge is 0.286 e. The fourth-order valence-corrected chi connectivity index (χ4v) is 4.38. The SMILES string of the molecule is O=C1NC(=O)C(Cc2ccc(OCc3csc(-c4ccccc4)n3)cc2)S1. The number of aromatic nitrogens is 1. The van der Waals surface area contributed by atoms with E-state index < -0.39 is 0 Å². The lowest BCUT2D eigenvalue weighted by molar-refractivity contribution is -0.118. The van der Waals surface area contributed by atoms with Gasteiger partial charge in [0.05, 0.1) is 10.9 Å². The van der Waals surface area contributed by atoms with Gasteiger partial charge in [0.2, 0.25) is 5.91 Å². The molecule has 4 rings (SSSR count). The number of nitrogens with one attached hydrogen (secondary N) is 1. The number of amides is 2.